The van der Waals surface area contributed by atoms with E-state index in [0.29, 0.717) is 32.6 Å². The molecule has 0 spiro atoms. The molecule has 1 aromatic carbocycles. The number of hydrogen-bond acceptors (Lipinski definition) is 8. The number of rotatable bonds is 6. The van der Waals surface area contributed by atoms with E-state index in [2.05, 4.69) is 52.1 Å². The van der Waals surface area contributed by atoms with Crippen molar-refractivity contribution in [3.05, 3.63) is 31.6 Å². The highest BCUT2D eigenvalue weighted by atomic mass is 79.9. The van der Waals surface area contributed by atoms with Crippen molar-refractivity contribution in [2.45, 2.75) is 6.92 Å². The summed E-state index contributed by atoms with van der Waals surface area (Å²) in [5.41, 5.74) is 0.690. The second kappa shape index (κ2) is 9.90. The van der Waals surface area contributed by atoms with Crippen molar-refractivity contribution in [2.75, 3.05) is 20.8 Å². The zero-order valence-corrected chi connectivity index (χ0v) is 18.5. The molecule has 8 nitrogen and oxygen atoms in total. The molecular formula is C16H15Br2N3O5S. The van der Waals surface area contributed by atoms with Gasteiger partial charge in [-0.1, -0.05) is 0 Å². The van der Waals surface area contributed by atoms with E-state index in [-0.39, 0.29) is 10.1 Å². The minimum absolute atomic E-state index is 0.183. The number of thioether (sulfide) groups is 1. The van der Waals surface area contributed by atoms with Gasteiger partial charge in [0.15, 0.2) is 16.7 Å². The zero-order valence-electron chi connectivity index (χ0n) is 14.5. The van der Waals surface area contributed by atoms with Crippen molar-refractivity contribution < 1.29 is 23.8 Å². The van der Waals surface area contributed by atoms with Gasteiger partial charge in [0.2, 0.25) is 0 Å². The number of amidine groups is 1. The fourth-order valence-electron chi connectivity index (χ4n) is 1.94. The molecule has 1 saturated heterocycles. The van der Waals surface area contributed by atoms with Crippen LogP contribution in [0.15, 0.2) is 36.2 Å². The second-order valence-electron chi connectivity index (χ2n) is 4.80. The van der Waals surface area contributed by atoms with E-state index in [4.69, 9.17) is 9.47 Å². The second-order valence-corrected chi connectivity index (χ2v) is 7.41. The Morgan fingerprint density at radius 2 is 2.07 bits per heavy atom. The van der Waals surface area contributed by atoms with Crippen LogP contribution in [0.5, 0.6) is 11.5 Å². The number of amides is 1. The summed E-state index contributed by atoms with van der Waals surface area (Å²) in [6.07, 6.45) is 2.59. The molecule has 11 heteroatoms. The number of benzene rings is 1. The van der Waals surface area contributed by atoms with Gasteiger partial charge in [-0.2, -0.15) is 5.10 Å². The number of esters is 1. The van der Waals surface area contributed by atoms with Crippen molar-refractivity contribution in [2.24, 2.45) is 10.2 Å². The average molecular weight is 521 g/mol. The fourth-order valence-corrected chi connectivity index (χ4v) is 3.66. The van der Waals surface area contributed by atoms with Gasteiger partial charge >= 0.3 is 5.97 Å². The van der Waals surface area contributed by atoms with Gasteiger partial charge in [0.25, 0.3) is 5.91 Å². The average Bonchev–Trinajstić information content (AvgIpc) is 2.98. The Kier molecular flexibility index (Phi) is 7.87. The maximum atomic E-state index is 11.8. The number of nitrogens with zero attached hydrogens (tertiary/aromatic N) is 2. The quantitative estimate of drug-likeness (QED) is 0.267. The molecule has 144 valence electrons. The minimum Gasteiger partial charge on any atom is -0.492 e. The molecule has 0 aliphatic carbocycles. The summed E-state index contributed by atoms with van der Waals surface area (Å²) in [6, 6.07) is 1.75. The standard InChI is InChI=1S/C16H15Br2N3O5S/c1-4-26-9-5-8(12(17)13(18)14(9)25-3)7-19-21-16-20-15(23)10(27-16)6-11(22)24-2/h5-7H,4H2,1-3H3,(H,20,21,23)/b10-6+,19-7?. The molecule has 0 radical (unpaired) electrons. The maximum Gasteiger partial charge on any atom is 0.331 e. The molecular weight excluding hydrogens is 506 g/mol. The first kappa shape index (κ1) is 21.5. The highest BCUT2D eigenvalue weighted by Crippen LogP contribution is 2.42. The SMILES string of the molecule is CCOc1cc(C=N/N=C2/NC(=O)/C(=C\C(=O)OC)S2)c(Br)c(Br)c1OC. The van der Waals surface area contributed by atoms with Crippen LogP contribution in [0, 0.1) is 0 Å². The molecule has 2 rings (SSSR count). The van der Waals surface area contributed by atoms with Crippen LogP contribution in [-0.2, 0) is 14.3 Å². The topological polar surface area (TPSA) is 98.6 Å². The predicted octanol–water partition coefficient (Wildman–Crippen LogP) is 3.23. The number of halogens is 2. The number of carbonyl (C=O) groups excluding carboxylic acids is 2. The molecule has 1 N–H and O–H groups in total. The van der Waals surface area contributed by atoms with Gasteiger partial charge < -0.3 is 14.2 Å². The van der Waals surface area contributed by atoms with Crippen molar-refractivity contribution in [1.82, 2.24) is 5.32 Å². The van der Waals surface area contributed by atoms with Gasteiger partial charge in [0.1, 0.15) is 0 Å². The summed E-state index contributed by atoms with van der Waals surface area (Å²) in [5.74, 6) is 0.0543. The van der Waals surface area contributed by atoms with Gasteiger partial charge in [-0.3, -0.25) is 10.1 Å². The summed E-state index contributed by atoms with van der Waals surface area (Å²) in [7, 11) is 2.78. The molecule has 1 aliphatic rings. The smallest absolute Gasteiger partial charge is 0.331 e. The summed E-state index contributed by atoms with van der Waals surface area (Å²) >= 11 is 7.91. The number of nitrogens with one attached hydrogen (secondary N) is 1. The Hall–Kier alpha value is -1.85. The van der Waals surface area contributed by atoms with E-state index in [1.54, 1.807) is 13.2 Å². The summed E-state index contributed by atoms with van der Waals surface area (Å²) in [5, 5.41) is 10.7. The monoisotopic (exact) mass is 519 g/mol. The Balaban J connectivity index is 2.24. The molecule has 1 heterocycles. The predicted molar refractivity (Wildman–Crippen MR) is 110 cm³/mol. The molecule has 1 aliphatic heterocycles. The van der Waals surface area contributed by atoms with E-state index in [1.807, 2.05) is 6.92 Å². The molecule has 0 aromatic heterocycles. The molecule has 1 fully saturated rings. The van der Waals surface area contributed by atoms with Crippen molar-refractivity contribution in [3.63, 3.8) is 0 Å². The molecule has 1 amide bonds. The largest absolute Gasteiger partial charge is 0.492 e. The summed E-state index contributed by atoms with van der Waals surface area (Å²) in [6.45, 7) is 2.34. The van der Waals surface area contributed by atoms with E-state index >= 15 is 0 Å². The minimum atomic E-state index is -0.618. The van der Waals surface area contributed by atoms with Crippen LogP contribution in [0.4, 0.5) is 0 Å². The van der Waals surface area contributed by atoms with Gasteiger partial charge in [0.05, 0.1) is 36.4 Å². The van der Waals surface area contributed by atoms with Crippen LogP contribution in [0.2, 0.25) is 0 Å². The lowest BCUT2D eigenvalue weighted by molar-refractivity contribution is -0.135. The van der Waals surface area contributed by atoms with Crippen LogP contribution in [-0.4, -0.2) is 44.1 Å². The molecule has 0 unspecified atom stereocenters. The third-order valence-electron chi connectivity index (χ3n) is 3.11. The van der Waals surface area contributed by atoms with Crippen LogP contribution < -0.4 is 14.8 Å². The molecule has 1 aromatic rings. The summed E-state index contributed by atoms with van der Waals surface area (Å²) < 4.78 is 16.8. The lowest BCUT2D eigenvalue weighted by Gasteiger charge is -2.13. The van der Waals surface area contributed by atoms with Crippen molar-refractivity contribution >= 4 is 66.9 Å². The number of hydrogen-bond donors (Lipinski definition) is 1. The number of ether oxygens (including phenoxy) is 3. The van der Waals surface area contributed by atoms with Crippen LogP contribution >= 0.6 is 43.6 Å². The third-order valence-corrected chi connectivity index (χ3v) is 6.15. The lowest BCUT2D eigenvalue weighted by atomic mass is 10.2. The lowest BCUT2D eigenvalue weighted by Crippen LogP contribution is -2.19. The Morgan fingerprint density at radius 3 is 2.70 bits per heavy atom. The van der Waals surface area contributed by atoms with Gasteiger partial charge in [-0.25, -0.2) is 4.79 Å². The van der Waals surface area contributed by atoms with Crippen LogP contribution in [0.3, 0.4) is 0 Å². The molecule has 0 saturated carbocycles. The number of carbonyl (C=O) groups is 2. The third kappa shape index (κ3) is 5.33. The summed E-state index contributed by atoms with van der Waals surface area (Å²) in [4.78, 5) is 23.2. The molecule has 0 bridgehead atoms. The number of methoxy groups -OCH3 is 2. The van der Waals surface area contributed by atoms with Crippen LogP contribution in [0.1, 0.15) is 12.5 Å². The van der Waals surface area contributed by atoms with E-state index in [1.165, 1.54) is 13.3 Å². The first-order valence-electron chi connectivity index (χ1n) is 7.49. The van der Waals surface area contributed by atoms with Gasteiger partial charge in [0, 0.05) is 16.1 Å². The highest BCUT2D eigenvalue weighted by molar-refractivity contribution is 9.13. The fraction of sp³-hybridized carbons (Fsp3) is 0.250. The Morgan fingerprint density at radius 1 is 1.33 bits per heavy atom. The molecule has 0 atom stereocenters. The van der Waals surface area contributed by atoms with Crippen molar-refractivity contribution in [3.8, 4) is 11.5 Å². The van der Waals surface area contributed by atoms with Crippen LogP contribution in [0.25, 0.3) is 0 Å². The van der Waals surface area contributed by atoms with E-state index < -0.39 is 11.9 Å². The maximum absolute atomic E-state index is 11.8. The highest BCUT2D eigenvalue weighted by Gasteiger charge is 2.25. The first-order valence-corrected chi connectivity index (χ1v) is 9.90. The Bertz CT molecular complexity index is 855. The zero-order chi connectivity index (χ0) is 20.0. The molecule has 27 heavy (non-hydrogen) atoms. The van der Waals surface area contributed by atoms with Crippen molar-refractivity contribution in [1.29, 1.82) is 0 Å². The van der Waals surface area contributed by atoms with E-state index in [0.717, 1.165) is 17.8 Å². The van der Waals surface area contributed by atoms with E-state index in [9.17, 15) is 9.59 Å². The first-order chi connectivity index (χ1) is 12.9. The normalized spacial score (nSPS) is 16.9. The van der Waals surface area contributed by atoms with Gasteiger partial charge in [-0.15, -0.1) is 5.10 Å². The Labute approximate surface area is 176 Å². The van der Waals surface area contributed by atoms with Gasteiger partial charge in [-0.05, 0) is 56.6 Å².